The first-order valence-electron chi connectivity index (χ1n) is 9.49. The summed E-state index contributed by atoms with van der Waals surface area (Å²) < 4.78 is 0. The SMILES string of the molecule is O=C(CNC(=O)c1ccc(Cl)cc1Cl)Nc1cccc(-c2csc(-c3ccncc3)n2)c1. The molecule has 4 rings (SSSR count). The molecule has 0 bridgehead atoms. The number of rotatable bonds is 6. The first-order valence-corrected chi connectivity index (χ1v) is 11.1. The molecule has 0 saturated heterocycles. The van der Waals surface area contributed by atoms with Crippen LogP contribution in [0.4, 0.5) is 5.69 Å². The molecular weight excluding hydrogens is 467 g/mol. The molecule has 9 heteroatoms. The molecule has 4 aromatic rings. The fourth-order valence-corrected chi connectivity index (χ4v) is 4.25. The van der Waals surface area contributed by atoms with E-state index in [2.05, 4.69) is 20.6 Å². The summed E-state index contributed by atoms with van der Waals surface area (Å²) in [5.41, 5.74) is 3.53. The van der Waals surface area contributed by atoms with E-state index in [-0.39, 0.29) is 23.0 Å². The largest absolute Gasteiger partial charge is 0.343 e. The van der Waals surface area contributed by atoms with E-state index in [4.69, 9.17) is 23.2 Å². The molecule has 32 heavy (non-hydrogen) atoms. The Balaban J connectivity index is 1.39. The van der Waals surface area contributed by atoms with E-state index in [1.165, 1.54) is 23.5 Å². The number of nitrogens with zero attached hydrogens (tertiary/aromatic N) is 2. The number of aromatic nitrogens is 2. The van der Waals surface area contributed by atoms with E-state index in [0.717, 1.165) is 21.8 Å². The van der Waals surface area contributed by atoms with Crippen LogP contribution in [0.25, 0.3) is 21.8 Å². The van der Waals surface area contributed by atoms with Gasteiger partial charge in [0.05, 0.1) is 22.8 Å². The molecule has 6 nitrogen and oxygen atoms in total. The monoisotopic (exact) mass is 482 g/mol. The maximum absolute atomic E-state index is 12.3. The van der Waals surface area contributed by atoms with Gasteiger partial charge in [0.2, 0.25) is 5.91 Å². The number of carbonyl (C=O) groups is 2. The normalized spacial score (nSPS) is 10.6. The summed E-state index contributed by atoms with van der Waals surface area (Å²) in [6.07, 6.45) is 3.46. The maximum atomic E-state index is 12.3. The van der Waals surface area contributed by atoms with Gasteiger partial charge < -0.3 is 10.6 Å². The molecule has 0 aliphatic carbocycles. The lowest BCUT2D eigenvalue weighted by Gasteiger charge is -2.09. The molecule has 2 heterocycles. The van der Waals surface area contributed by atoms with Crippen LogP contribution in [-0.4, -0.2) is 28.3 Å². The van der Waals surface area contributed by atoms with Crippen molar-refractivity contribution in [2.24, 2.45) is 0 Å². The lowest BCUT2D eigenvalue weighted by molar-refractivity contribution is -0.115. The van der Waals surface area contributed by atoms with Crippen LogP contribution >= 0.6 is 34.5 Å². The second-order valence-corrected chi connectivity index (χ2v) is 8.41. The highest BCUT2D eigenvalue weighted by atomic mass is 35.5. The molecule has 0 fully saturated rings. The molecule has 2 aromatic heterocycles. The summed E-state index contributed by atoms with van der Waals surface area (Å²) in [7, 11) is 0. The van der Waals surface area contributed by atoms with Gasteiger partial charge in [0.15, 0.2) is 0 Å². The van der Waals surface area contributed by atoms with Gasteiger partial charge in [-0.15, -0.1) is 11.3 Å². The van der Waals surface area contributed by atoms with Crippen LogP contribution in [0, 0.1) is 0 Å². The minimum absolute atomic E-state index is 0.203. The smallest absolute Gasteiger partial charge is 0.253 e. The van der Waals surface area contributed by atoms with Crippen molar-refractivity contribution in [2.45, 2.75) is 0 Å². The molecule has 2 amide bonds. The Morgan fingerprint density at radius 1 is 0.969 bits per heavy atom. The van der Waals surface area contributed by atoms with Crippen LogP contribution in [0.1, 0.15) is 10.4 Å². The van der Waals surface area contributed by atoms with Gasteiger partial charge >= 0.3 is 0 Å². The van der Waals surface area contributed by atoms with Crippen LogP contribution in [0.3, 0.4) is 0 Å². The van der Waals surface area contributed by atoms with Gasteiger partial charge in [0.1, 0.15) is 5.01 Å². The number of benzene rings is 2. The van der Waals surface area contributed by atoms with E-state index in [0.29, 0.717) is 10.7 Å². The zero-order valence-corrected chi connectivity index (χ0v) is 18.8. The van der Waals surface area contributed by atoms with Gasteiger partial charge in [-0.05, 0) is 42.5 Å². The van der Waals surface area contributed by atoms with Crippen LogP contribution in [0.15, 0.2) is 72.4 Å². The molecule has 2 N–H and O–H groups in total. The van der Waals surface area contributed by atoms with Crippen molar-refractivity contribution >= 4 is 52.0 Å². The third-order valence-corrected chi connectivity index (χ3v) is 5.90. The maximum Gasteiger partial charge on any atom is 0.253 e. The number of thiazole rings is 1. The number of carbonyl (C=O) groups excluding carboxylic acids is 2. The number of nitrogens with one attached hydrogen (secondary N) is 2. The minimum Gasteiger partial charge on any atom is -0.343 e. The van der Waals surface area contributed by atoms with Crippen molar-refractivity contribution in [3.05, 3.63) is 88.0 Å². The number of hydrogen-bond acceptors (Lipinski definition) is 5. The van der Waals surface area contributed by atoms with E-state index in [1.807, 2.05) is 35.7 Å². The van der Waals surface area contributed by atoms with Crippen LogP contribution in [0.2, 0.25) is 10.0 Å². The van der Waals surface area contributed by atoms with Gasteiger partial charge in [-0.1, -0.05) is 35.3 Å². The fraction of sp³-hybridized carbons (Fsp3) is 0.0435. The summed E-state index contributed by atoms with van der Waals surface area (Å²) in [5, 5.41) is 8.84. The molecule has 0 aliphatic heterocycles. The molecule has 2 aromatic carbocycles. The first-order chi connectivity index (χ1) is 15.5. The van der Waals surface area contributed by atoms with Crippen LogP contribution in [-0.2, 0) is 4.79 Å². The average Bonchev–Trinajstić information content (AvgIpc) is 3.29. The summed E-state index contributed by atoms with van der Waals surface area (Å²) in [4.78, 5) is 33.3. The van der Waals surface area contributed by atoms with E-state index >= 15 is 0 Å². The van der Waals surface area contributed by atoms with Crippen molar-refractivity contribution in [2.75, 3.05) is 11.9 Å². The summed E-state index contributed by atoms with van der Waals surface area (Å²) in [6, 6.07) is 15.7. The minimum atomic E-state index is -0.457. The number of hydrogen-bond donors (Lipinski definition) is 2. The Hall–Kier alpha value is -3.26. The lowest BCUT2D eigenvalue weighted by atomic mass is 10.1. The first kappa shape index (κ1) is 22.0. The highest BCUT2D eigenvalue weighted by Crippen LogP contribution is 2.29. The lowest BCUT2D eigenvalue weighted by Crippen LogP contribution is -2.33. The van der Waals surface area contributed by atoms with Crippen molar-refractivity contribution in [1.29, 1.82) is 0 Å². The third-order valence-electron chi connectivity index (χ3n) is 4.46. The predicted octanol–water partition coefficient (Wildman–Crippen LogP) is 5.55. The Labute approximate surface area is 198 Å². The topological polar surface area (TPSA) is 84.0 Å². The fourth-order valence-electron chi connectivity index (χ4n) is 2.92. The molecule has 0 saturated carbocycles. The van der Waals surface area contributed by atoms with E-state index in [1.54, 1.807) is 24.5 Å². The number of anilines is 1. The number of halogens is 2. The quantitative estimate of drug-likeness (QED) is 0.377. The molecule has 0 atom stereocenters. The number of pyridine rings is 1. The Bertz CT molecular complexity index is 1280. The molecule has 0 aliphatic rings. The summed E-state index contributed by atoms with van der Waals surface area (Å²) in [6.45, 7) is -0.203. The van der Waals surface area contributed by atoms with Crippen LogP contribution < -0.4 is 10.6 Å². The van der Waals surface area contributed by atoms with E-state index in [9.17, 15) is 9.59 Å². The standard InChI is InChI=1S/C23H16Cl2N4O2S/c24-16-4-5-18(19(25)11-16)22(31)27-12-21(30)28-17-3-1-2-15(10-17)20-13-32-23(29-20)14-6-8-26-9-7-14/h1-11,13H,12H2,(H,27,31)(H,28,30). The second kappa shape index (κ2) is 9.91. The van der Waals surface area contributed by atoms with Crippen molar-refractivity contribution in [3.8, 4) is 21.8 Å². The molecule has 0 radical (unpaired) electrons. The van der Waals surface area contributed by atoms with Gasteiger partial charge in [-0.3, -0.25) is 14.6 Å². The Morgan fingerprint density at radius 2 is 1.78 bits per heavy atom. The van der Waals surface area contributed by atoms with Crippen molar-refractivity contribution in [1.82, 2.24) is 15.3 Å². The Kier molecular flexibility index (Phi) is 6.80. The van der Waals surface area contributed by atoms with Crippen LogP contribution in [0.5, 0.6) is 0 Å². The highest BCUT2D eigenvalue weighted by Gasteiger charge is 2.13. The average molecular weight is 483 g/mol. The van der Waals surface area contributed by atoms with E-state index < -0.39 is 5.91 Å². The van der Waals surface area contributed by atoms with Gasteiger partial charge in [-0.25, -0.2) is 4.98 Å². The van der Waals surface area contributed by atoms with Gasteiger partial charge in [0, 0.05) is 39.6 Å². The predicted molar refractivity (Wildman–Crippen MR) is 128 cm³/mol. The summed E-state index contributed by atoms with van der Waals surface area (Å²) in [5.74, 6) is -0.821. The molecule has 0 spiro atoms. The van der Waals surface area contributed by atoms with Gasteiger partial charge in [0.25, 0.3) is 5.91 Å². The number of amides is 2. The highest BCUT2D eigenvalue weighted by molar-refractivity contribution is 7.13. The van der Waals surface area contributed by atoms with Crippen molar-refractivity contribution in [3.63, 3.8) is 0 Å². The zero-order valence-electron chi connectivity index (χ0n) is 16.5. The molecule has 160 valence electrons. The molecular formula is C23H16Cl2N4O2S. The molecule has 0 unspecified atom stereocenters. The second-order valence-electron chi connectivity index (χ2n) is 6.71. The third kappa shape index (κ3) is 5.31. The summed E-state index contributed by atoms with van der Waals surface area (Å²) >= 11 is 13.4. The van der Waals surface area contributed by atoms with Gasteiger partial charge in [-0.2, -0.15) is 0 Å². The Morgan fingerprint density at radius 3 is 2.56 bits per heavy atom. The van der Waals surface area contributed by atoms with Crippen molar-refractivity contribution < 1.29 is 9.59 Å². The zero-order chi connectivity index (χ0) is 22.5.